The van der Waals surface area contributed by atoms with Crippen molar-refractivity contribution in [3.8, 4) is 0 Å². The third-order valence-electron chi connectivity index (χ3n) is 0.406. The Labute approximate surface area is 62.1 Å². The topological polar surface area (TPSA) is 28.7 Å². The van der Waals surface area contributed by atoms with E-state index in [2.05, 4.69) is 9.97 Å². The molecule has 49 valence electrons. The van der Waals surface area contributed by atoms with Gasteiger partial charge in [0.2, 0.25) is 0 Å². The maximum Gasteiger partial charge on any atom is 0.0919 e. The van der Waals surface area contributed by atoms with Gasteiger partial charge >= 0.3 is 33.2 Å². The molecule has 0 aliphatic rings. The fourth-order valence-electron chi connectivity index (χ4n) is 0.215. The number of aromatic amines is 1. The summed E-state index contributed by atoms with van der Waals surface area (Å²) in [5.74, 6) is 0. The average Bonchev–Trinajstić information content (AvgIpc) is 2.17. The fraction of sp³-hybridized carbons (Fsp3) is 0. The minimum atomic E-state index is 0.382. The van der Waals surface area contributed by atoms with Crippen molar-refractivity contribution in [1.29, 1.82) is 0 Å². The van der Waals surface area contributed by atoms with E-state index in [4.69, 9.17) is 20.3 Å². The summed E-state index contributed by atoms with van der Waals surface area (Å²) in [6, 6.07) is 0. The average molecular weight is 198 g/mol. The Morgan fingerprint density at radius 1 is 1.50 bits per heavy atom. The van der Waals surface area contributed by atoms with Gasteiger partial charge in [-0.05, 0) is 0 Å². The molecule has 0 spiro atoms. The van der Waals surface area contributed by atoms with Crippen molar-refractivity contribution in [3.05, 3.63) is 18.7 Å². The summed E-state index contributed by atoms with van der Waals surface area (Å²) < 4.78 is 0. The van der Waals surface area contributed by atoms with E-state index in [1.54, 1.807) is 18.7 Å². The first-order chi connectivity index (χ1) is 3.91. The van der Waals surface area contributed by atoms with Crippen molar-refractivity contribution in [1.82, 2.24) is 9.97 Å². The molecule has 1 aromatic rings. The molecule has 0 aromatic carbocycles. The normalized spacial score (nSPS) is 7.75. The minimum Gasteiger partial charge on any atom is -0.351 e. The molecule has 2 nitrogen and oxygen atoms in total. The third-order valence-corrected chi connectivity index (χ3v) is 0.406. The molecular weight excluding hydrogens is 194 g/mol. The molecule has 0 bridgehead atoms. The van der Waals surface area contributed by atoms with Crippen LogP contribution in [0.15, 0.2) is 18.7 Å². The zero-order valence-electron chi connectivity index (χ0n) is 3.77. The molecule has 1 aromatic heterocycles. The number of hydrogen-bond acceptors (Lipinski definition) is 1. The van der Waals surface area contributed by atoms with E-state index in [0.717, 1.165) is 0 Å². The molecule has 1 N–H and O–H groups in total. The number of rotatable bonds is 0. The molecule has 0 atom stereocenters. The van der Waals surface area contributed by atoms with Gasteiger partial charge in [-0.15, -0.1) is 0 Å². The van der Waals surface area contributed by atoms with Gasteiger partial charge in [0.15, 0.2) is 0 Å². The number of hydrogen-bond donors (Lipinski definition) is 1. The summed E-state index contributed by atoms with van der Waals surface area (Å²) in [5, 5.41) is 0. The molecule has 0 saturated carbocycles. The van der Waals surface area contributed by atoms with Gasteiger partial charge in [-0.2, -0.15) is 0 Å². The predicted octanol–water partition coefficient (Wildman–Crippen LogP) is 1.79. The molecular formula is C3H4Cl2CoN2. The van der Waals surface area contributed by atoms with Gasteiger partial charge in [-0.3, -0.25) is 0 Å². The minimum absolute atomic E-state index is 0.382. The Bertz CT molecular complexity index is 82.2. The van der Waals surface area contributed by atoms with Crippen molar-refractivity contribution in [2.45, 2.75) is 0 Å². The fourth-order valence-corrected chi connectivity index (χ4v) is 0.215. The SMILES string of the molecule is [Cl][Co][Cl].c1c[nH]cn1. The van der Waals surface area contributed by atoms with Crippen molar-refractivity contribution in [3.63, 3.8) is 0 Å². The largest absolute Gasteiger partial charge is 0.351 e. The quantitative estimate of drug-likeness (QED) is 0.676. The van der Waals surface area contributed by atoms with Crippen LogP contribution in [0.2, 0.25) is 0 Å². The van der Waals surface area contributed by atoms with Crippen LogP contribution in [0.3, 0.4) is 0 Å². The number of aromatic nitrogens is 2. The number of nitrogens with zero attached hydrogens (tertiary/aromatic N) is 1. The molecule has 0 amide bonds. The van der Waals surface area contributed by atoms with Gasteiger partial charge in [-0.1, -0.05) is 0 Å². The van der Waals surface area contributed by atoms with Crippen LogP contribution >= 0.6 is 20.3 Å². The van der Waals surface area contributed by atoms with Crippen LogP contribution in [0.5, 0.6) is 0 Å². The molecule has 0 saturated heterocycles. The van der Waals surface area contributed by atoms with Gasteiger partial charge in [0.05, 0.1) is 6.33 Å². The first kappa shape index (κ1) is 8.30. The molecule has 0 radical (unpaired) electrons. The number of halogens is 2. The molecule has 5 heteroatoms. The number of nitrogens with one attached hydrogen (secondary N) is 1. The summed E-state index contributed by atoms with van der Waals surface area (Å²) >= 11 is 0.382. The Morgan fingerprint density at radius 3 is 2.25 bits per heavy atom. The van der Waals surface area contributed by atoms with Crippen molar-refractivity contribution in [2.75, 3.05) is 0 Å². The third kappa shape index (κ3) is 6.30. The van der Waals surface area contributed by atoms with Crippen molar-refractivity contribution < 1.29 is 12.9 Å². The first-order valence-corrected chi connectivity index (χ1v) is 4.54. The summed E-state index contributed by atoms with van der Waals surface area (Å²) in [5.41, 5.74) is 0. The summed E-state index contributed by atoms with van der Waals surface area (Å²) in [6.07, 6.45) is 5.08. The monoisotopic (exact) mass is 197 g/mol. The molecule has 0 aliphatic carbocycles. The standard InChI is InChI=1S/C3H4N2.2ClH.Co/c1-2-5-3-4-1;;;/h1-3H,(H,4,5);2*1H;/q;;;+2/p-2. The number of H-pyrrole nitrogens is 1. The van der Waals surface area contributed by atoms with Gasteiger partial charge in [-0.25, -0.2) is 4.98 Å². The van der Waals surface area contributed by atoms with Crippen molar-refractivity contribution >= 4 is 20.3 Å². The van der Waals surface area contributed by atoms with Crippen LogP contribution in [0.25, 0.3) is 0 Å². The van der Waals surface area contributed by atoms with E-state index in [0.29, 0.717) is 12.9 Å². The van der Waals surface area contributed by atoms with Gasteiger partial charge < -0.3 is 4.98 Å². The summed E-state index contributed by atoms with van der Waals surface area (Å²) in [6.45, 7) is 0. The Kier molecular flexibility index (Phi) is 7.57. The first-order valence-electron chi connectivity index (χ1n) is 1.68. The van der Waals surface area contributed by atoms with Gasteiger partial charge in [0.25, 0.3) is 0 Å². The Hall–Kier alpha value is 0.296. The molecule has 1 heterocycles. The van der Waals surface area contributed by atoms with E-state index >= 15 is 0 Å². The Balaban J connectivity index is 0.000000145. The van der Waals surface area contributed by atoms with Crippen LogP contribution in [-0.4, -0.2) is 9.97 Å². The van der Waals surface area contributed by atoms with Crippen LogP contribution in [0.1, 0.15) is 0 Å². The molecule has 8 heavy (non-hydrogen) atoms. The molecule has 1 rings (SSSR count). The zero-order valence-corrected chi connectivity index (χ0v) is 6.32. The zero-order chi connectivity index (χ0) is 6.24. The van der Waals surface area contributed by atoms with E-state index in [1.165, 1.54) is 0 Å². The van der Waals surface area contributed by atoms with Crippen LogP contribution in [-0.2, 0) is 12.9 Å². The van der Waals surface area contributed by atoms with E-state index in [-0.39, 0.29) is 0 Å². The van der Waals surface area contributed by atoms with Crippen molar-refractivity contribution in [2.24, 2.45) is 0 Å². The molecule has 0 aliphatic heterocycles. The van der Waals surface area contributed by atoms with Gasteiger partial charge in [0, 0.05) is 12.4 Å². The second-order valence-electron chi connectivity index (χ2n) is 0.808. The summed E-state index contributed by atoms with van der Waals surface area (Å²) in [7, 11) is 9.47. The van der Waals surface area contributed by atoms with E-state index in [1.807, 2.05) is 0 Å². The second-order valence-corrected chi connectivity index (χ2v) is 2.53. The van der Waals surface area contributed by atoms with E-state index in [9.17, 15) is 0 Å². The summed E-state index contributed by atoms with van der Waals surface area (Å²) in [4.78, 5) is 6.42. The Morgan fingerprint density at radius 2 is 2.12 bits per heavy atom. The second kappa shape index (κ2) is 7.30. The van der Waals surface area contributed by atoms with Crippen LogP contribution in [0, 0.1) is 0 Å². The maximum atomic E-state index is 4.73. The molecule has 0 unspecified atom stereocenters. The van der Waals surface area contributed by atoms with E-state index < -0.39 is 0 Å². The molecule has 0 fully saturated rings. The van der Waals surface area contributed by atoms with Crippen LogP contribution in [0.4, 0.5) is 0 Å². The smallest absolute Gasteiger partial charge is 0.0919 e. The van der Waals surface area contributed by atoms with Crippen LogP contribution < -0.4 is 0 Å². The number of imidazole rings is 1. The maximum absolute atomic E-state index is 4.73. The van der Waals surface area contributed by atoms with Gasteiger partial charge in [0.1, 0.15) is 0 Å². The predicted molar refractivity (Wildman–Crippen MR) is 30.3 cm³/mol.